The first-order chi connectivity index (χ1) is 10.3. The summed E-state index contributed by atoms with van der Waals surface area (Å²) in [5.74, 6) is 0.683. The summed E-state index contributed by atoms with van der Waals surface area (Å²) in [7, 11) is 0. The number of ether oxygens (including phenoxy) is 3. The number of esters is 1. The Morgan fingerprint density at radius 1 is 1.05 bits per heavy atom. The van der Waals surface area contributed by atoms with E-state index in [0.29, 0.717) is 25.6 Å². The van der Waals surface area contributed by atoms with Crippen LogP contribution in [0.2, 0.25) is 0 Å². The van der Waals surface area contributed by atoms with Crippen LogP contribution in [-0.4, -0.2) is 30.8 Å². The zero-order chi connectivity index (χ0) is 14.9. The molecular formula is C16H17NO4. The first-order valence-electron chi connectivity index (χ1n) is 6.74. The Morgan fingerprint density at radius 2 is 1.81 bits per heavy atom. The highest BCUT2D eigenvalue weighted by molar-refractivity contribution is 5.90. The molecule has 1 heterocycles. The molecule has 0 fully saturated rings. The van der Waals surface area contributed by atoms with Gasteiger partial charge in [-0.25, -0.2) is 9.78 Å². The topological polar surface area (TPSA) is 57.7 Å². The van der Waals surface area contributed by atoms with Crippen molar-refractivity contribution in [2.45, 2.75) is 6.92 Å². The Hall–Kier alpha value is -2.56. The lowest BCUT2D eigenvalue weighted by Crippen LogP contribution is -2.13. The van der Waals surface area contributed by atoms with E-state index < -0.39 is 5.97 Å². The Balaban J connectivity index is 1.87. The van der Waals surface area contributed by atoms with Crippen molar-refractivity contribution in [3.05, 3.63) is 54.4 Å². The standard InChI is InChI=1S/C16H17NO4/c1-2-19-16(18)15-14(9-6-10-17-15)21-12-11-20-13-7-4-3-5-8-13/h3-10H,2,11-12H2,1H3. The predicted octanol–water partition coefficient (Wildman–Crippen LogP) is 2.72. The summed E-state index contributed by atoms with van der Waals surface area (Å²) in [6.07, 6.45) is 1.53. The summed E-state index contributed by atoms with van der Waals surface area (Å²) in [5, 5.41) is 0. The number of nitrogens with zero attached hydrogens (tertiary/aromatic N) is 1. The maximum absolute atomic E-state index is 11.7. The summed E-state index contributed by atoms with van der Waals surface area (Å²) in [6.45, 7) is 2.73. The van der Waals surface area contributed by atoms with Gasteiger partial charge < -0.3 is 14.2 Å². The van der Waals surface area contributed by atoms with E-state index >= 15 is 0 Å². The number of aromatic nitrogens is 1. The highest BCUT2D eigenvalue weighted by atomic mass is 16.5. The summed E-state index contributed by atoms with van der Waals surface area (Å²) in [5.41, 5.74) is 0.180. The van der Waals surface area contributed by atoms with Gasteiger partial charge in [0.15, 0.2) is 11.4 Å². The normalized spacial score (nSPS) is 9.95. The molecule has 0 aliphatic heterocycles. The van der Waals surface area contributed by atoms with Gasteiger partial charge in [0, 0.05) is 6.20 Å². The predicted molar refractivity (Wildman–Crippen MR) is 77.6 cm³/mol. The van der Waals surface area contributed by atoms with E-state index in [-0.39, 0.29) is 5.69 Å². The molecule has 110 valence electrons. The maximum Gasteiger partial charge on any atom is 0.360 e. The van der Waals surface area contributed by atoms with Crippen LogP contribution >= 0.6 is 0 Å². The number of carbonyl (C=O) groups is 1. The molecule has 5 heteroatoms. The van der Waals surface area contributed by atoms with E-state index in [9.17, 15) is 4.79 Å². The molecule has 2 aromatic rings. The van der Waals surface area contributed by atoms with Crippen LogP contribution in [0, 0.1) is 0 Å². The number of carbonyl (C=O) groups excluding carboxylic acids is 1. The summed E-state index contributed by atoms with van der Waals surface area (Å²) in [6, 6.07) is 12.8. The van der Waals surface area contributed by atoms with Crippen LogP contribution in [0.4, 0.5) is 0 Å². The molecule has 0 aliphatic rings. The molecule has 21 heavy (non-hydrogen) atoms. The van der Waals surface area contributed by atoms with E-state index in [4.69, 9.17) is 14.2 Å². The average molecular weight is 287 g/mol. The van der Waals surface area contributed by atoms with Crippen molar-refractivity contribution in [3.8, 4) is 11.5 Å². The van der Waals surface area contributed by atoms with Crippen LogP contribution in [0.15, 0.2) is 48.7 Å². The molecule has 0 radical (unpaired) electrons. The van der Waals surface area contributed by atoms with E-state index in [2.05, 4.69) is 4.98 Å². The Bertz CT molecular complexity index is 571. The van der Waals surface area contributed by atoms with Gasteiger partial charge in [-0.3, -0.25) is 0 Å². The number of hydrogen-bond donors (Lipinski definition) is 0. The molecule has 0 unspecified atom stereocenters. The minimum atomic E-state index is -0.489. The summed E-state index contributed by atoms with van der Waals surface area (Å²) < 4.78 is 16.0. The lowest BCUT2D eigenvalue weighted by molar-refractivity contribution is 0.0513. The van der Waals surface area contributed by atoms with Gasteiger partial charge in [-0.2, -0.15) is 0 Å². The fraction of sp³-hybridized carbons (Fsp3) is 0.250. The molecule has 0 bridgehead atoms. The van der Waals surface area contributed by atoms with Gasteiger partial charge in [0.2, 0.25) is 0 Å². The smallest absolute Gasteiger partial charge is 0.360 e. The Morgan fingerprint density at radius 3 is 2.57 bits per heavy atom. The molecular weight excluding hydrogens is 270 g/mol. The van der Waals surface area contributed by atoms with Crippen molar-refractivity contribution >= 4 is 5.97 Å². The summed E-state index contributed by atoms with van der Waals surface area (Å²) in [4.78, 5) is 15.7. The third kappa shape index (κ3) is 4.49. The van der Waals surface area contributed by atoms with Gasteiger partial charge >= 0.3 is 5.97 Å². The zero-order valence-electron chi connectivity index (χ0n) is 11.8. The highest BCUT2D eigenvalue weighted by Crippen LogP contribution is 2.16. The van der Waals surface area contributed by atoms with Crippen molar-refractivity contribution in [1.29, 1.82) is 0 Å². The average Bonchev–Trinajstić information content (AvgIpc) is 2.53. The van der Waals surface area contributed by atoms with Gasteiger partial charge in [0.1, 0.15) is 19.0 Å². The van der Waals surface area contributed by atoms with Gasteiger partial charge in [0.05, 0.1) is 6.61 Å². The van der Waals surface area contributed by atoms with Gasteiger partial charge in [0.25, 0.3) is 0 Å². The molecule has 1 aromatic carbocycles. The van der Waals surface area contributed by atoms with Crippen molar-refractivity contribution in [1.82, 2.24) is 4.98 Å². The van der Waals surface area contributed by atoms with Crippen molar-refractivity contribution in [2.75, 3.05) is 19.8 Å². The molecule has 0 aliphatic carbocycles. The lowest BCUT2D eigenvalue weighted by atomic mass is 10.3. The van der Waals surface area contributed by atoms with Crippen LogP contribution in [0.5, 0.6) is 11.5 Å². The van der Waals surface area contributed by atoms with E-state index in [1.54, 1.807) is 19.1 Å². The molecule has 0 spiro atoms. The number of pyridine rings is 1. The largest absolute Gasteiger partial charge is 0.490 e. The second-order valence-corrected chi connectivity index (χ2v) is 4.08. The SMILES string of the molecule is CCOC(=O)c1ncccc1OCCOc1ccccc1. The highest BCUT2D eigenvalue weighted by Gasteiger charge is 2.14. The van der Waals surface area contributed by atoms with Crippen LogP contribution in [0.25, 0.3) is 0 Å². The first kappa shape index (κ1) is 14.8. The molecule has 1 aromatic heterocycles. The van der Waals surface area contributed by atoms with Gasteiger partial charge in [-0.1, -0.05) is 18.2 Å². The fourth-order valence-electron chi connectivity index (χ4n) is 1.69. The van der Waals surface area contributed by atoms with Gasteiger partial charge in [-0.15, -0.1) is 0 Å². The fourth-order valence-corrected chi connectivity index (χ4v) is 1.69. The monoisotopic (exact) mass is 287 g/mol. The molecule has 0 amide bonds. The minimum Gasteiger partial charge on any atom is -0.490 e. The van der Waals surface area contributed by atoms with Crippen molar-refractivity contribution < 1.29 is 19.0 Å². The number of rotatable bonds is 7. The first-order valence-corrected chi connectivity index (χ1v) is 6.74. The minimum absolute atomic E-state index is 0.180. The van der Waals surface area contributed by atoms with Crippen LogP contribution in [-0.2, 0) is 4.74 Å². The Labute approximate surface area is 123 Å². The summed E-state index contributed by atoms with van der Waals surface area (Å²) >= 11 is 0. The number of hydrogen-bond acceptors (Lipinski definition) is 5. The zero-order valence-corrected chi connectivity index (χ0v) is 11.8. The van der Waals surface area contributed by atoms with Gasteiger partial charge in [-0.05, 0) is 31.2 Å². The number of benzene rings is 1. The van der Waals surface area contributed by atoms with Crippen molar-refractivity contribution in [2.24, 2.45) is 0 Å². The Kier molecular flexibility index (Phi) is 5.58. The molecule has 0 N–H and O–H groups in total. The van der Waals surface area contributed by atoms with Crippen LogP contribution in [0.1, 0.15) is 17.4 Å². The third-order valence-corrected chi connectivity index (χ3v) is 2.59. The van der Waals surface area contributed by atoms with E-state index in [1.807, 2.05) is 30.3 Å². The molecule has 0 saturated carbocycles. The third-order valence-electron chi connectivity index (χ3n) is 2.59. The maximum atomic E-state index is 11.7. The number of para-hydroxylation sites is 1. The van der Waals surface area contributed by atoms with E-state index in [0.717, 1.165) is 5.75 Å². The quantitative estimate of drug-likeness (QED) is 0.579. The second kappa shape index (κ2) is 7.89. The van der Waals surface area contributed by atoms with Crippen molar-refractivity contribution in [3.63, 3.8) is 0 Å². The molecule has 0 atom stereocenters. The molecule has 5 nitrogen and oxygen atoms in total. The molecule has 2 rings (SSSR count). The lowest BCUT2D eigenvalue weighted by Gasteiger charge is -2.10. The molecule has 0 saturated heterocycles. The second-order valence-electron chi connectivity index (χ2n) is 4.08. The van der Waals surface area contributed by atoms with Crippen LogP contribution < -0.4 is 9.47 Å². The van der Waals surface area contributed by atoms with E-state index in [1.165, 1.54) is 6.20 Å². The van der Waals surface area contributed by atoms with Crippen LogP contribution in [0.3, 0.4) is 0 Å².